The van der Waals surface area contributed by atoms with E-state index in [1.807, 2.05) is 13.8 Å². The molecule has 6 nitrogen and oxygen atoms in total. The number of nitrogens with zero attached hydrogens (tertiary/aromatic N) is 2. The topological polar surface area (TPSA) is 93.3 Å². The van der Waals surface area contributed by atoms with Gasteiger partial charge in [0.25, 0.3) is 5.69 Å². The van der Waals surface area contributed by atoms with Gasteiger partial charge in [-0.3, -0.25) is 19.9 Å². The lowest BCUT2D eigenvalue weighted by Crippen LogP contribution is -2.20. The smallest absolute Gasteiger partial charge is 0.306 e. The van der Waals surface area contributed by atoms with Gasteiger partial charge in [0.2, 0.25) is 0 Å². The monoisotopic (exact) mass is 280 g/mol. The summed E-state index contributed by atoms with van der Waals surface area (Å²) in [5.41, 5.74) is 1.48. The summed E-state index contributed by atoms with van der Waals surface area (Å²) in [7, 11) is 0. The van der Waals surface area contributed by atoms with Crippen LogP contribution in [-0.2, 0) is 11.2 Å². The van der Waals surface area contributed by atoms with E-state index in [1.165, 1.54) is 6.20 Å². The Morgan fingerprint density at radius 2 is 2.05 bits per heavy atom. The minimum absolute atomic E-state index is 0.0312. The molecule has 0 radical (unpaired) electrons. The third-order valence-electron chi connectivity index (χ3n) is 3.30. The summed E-state index contributed by atoms with van der Waals surface area (Å²) < 4.78 is 0. The van der Waals surface area contributed by atoms with Crippen molar-refractivity contribution in [3.05, 3.63) is 33.1 Å². The Balaban J connectivity index is 3.11. The van der Waals surface area contributed by atoms with E-state index in [9.17, 15) is 20.0 Å². The third-order valence-corrected chi connectivity index (χ3v) is 3.30. The second-order valence-corrected chi connectivity index (χ2v) is 5.49. The quantitative estimate of drug-likeness (QED) is 0.638. The lowest BCUT2D eigenvalue weighted by atomic mass is 9.91. The van der Waals surface area contributed by atoms with Gasteiger partial charge in [-0.25, -0.2) is 0 Å². The van der Waals surface area contributed by atoms with E-state index in [0.29, 0.717) is 23.2 Å². The Kier molecular flexibility index (Phi) is 5.19. The highest BCUT2D eigenvalue weighted by molar-refractivity contribution is 5.70. The molecule has 0 amide bonds. The predicted molar refractivity (Wildman–Crippen MR) is 74.7 cm³/mol. The number of carboxylic acid groups (broad SMARTS) is 1. The van der Waals surface area contributed by atoms with Crippen LogP contribution in [0, 0.1) is 35.8 Å². The second-order valence-electron chi connectivity index (χ2n) is 5.49. The second kappa shape index (κ2) is 6.45. The fourth-order valence-corrected chi connectivity index (χ4v) is 2.33. The summed E-state index contributed by atoms with van der Waals surface area (Å²) >= 11 is 0. The molecule has 1 N–H and O–H groups in total. The van der Waals surface area contributed by atoms with Crippen LogP contribution in [0.25, 0.3) is 0 Å². The van der Waals surface area contributed by atoms with E-state index in [4.69, 9.17) is 0 Å². The van der Waals surface area contributed by atoms with Crippen LogP contribution in [0.4, 0.5) is 5.69 Å². The lowest BCUT2D eigenvalue weighted by molar-refractivity contribution is -0.386. The number of aryl methyl sites for hydroxylation is 1. The molecule has 0 saturated heterocycles. The van der Waals surface area contributed by atoms with Gasteiger partial charge in [-0.15, -0.1) is 0 Å². The molecular formula is C14H20N2O4. The van der Waals surface area contributed by atoms with Crippen LogP contribution >= 0.6 is 0 Å². The SMILES string of the molecule is Cc1cnc(CC(CC(C)C)C(=O)O)c(C)c1[N+](=O)[O-]. The average molecular weight is 280 g/mol. The largest absolute Gasteiger partial charge is 0.481 e. The summed E-state index contributed by atoms with van der Waals surface area (Å²) in [6.45, 7) is 7.16. The van der Waals surface area contributed by atoms with Crippen molar-refractivity contribution in [2.75, 3.05) is 0 Å². The van der Waals surface area contributed by atoms with Crippen LogP contribution in [0.1, 0.15) is 37.1 Å². The van der Waals surface area contributed by atoms with E-state index >= 15 is 0 Å². The minimum Gasteiger partial charge on any atom is -0.481 e. The Morgan fingerprint density at radius 3 is 2.50 bits per heavy atom. The third kappa shape index (κ3) is 3.76. The molecule has 0 saturated carbocycles. The molecule has 1 aromatic heterocycles. The molecule has 110 valence electrons. The summed E-state index contributed by atoms with van der Waals surface area (Å²) in [4.78, 5) is 26.1. The number of rotatable bonds is 6. The molecule has 1 rings (SSSR count). The van der Waals surface area contributed by atoms with Gasteiger partial charge in [-0.2, -0.15) is 0 Å². The van der Waals surface area contributed by atoms with Crippen molar-refractivity contribution >= 4 is 11.7 Å². The van der Waals surface area contributed by atoms with Crippen LogP contribution in [0.5, 0.6) is 0 Å². The van der Waals surface area contributed by atoms with Crippen molar-refractivity contribution in [3.63, 3.8) is 0 Å². The number of carboxylic acids is 1. The average Bonchev–Trinajstić information content (AvgIpc) is 2.30. The molecule has 6 heteroatoms. The molecule has 20 heavy (non-hydrogen) atoms. The zero-order chi connectivity index (χ0) is 15.4. The van der Waals surface area contributed by atoms with Crippen molar-refractivity contribution in [2.24, 2.45) is 11.8 Å². The Hall–Kier alpha value is -1.98. The maximum atomic E-state index is 11.3. The van der Waals surface area contributed by atoms with Gasteiger partial charge in [-0.05, 0) is 26.2 Å². The van der Waals surface area contributed by atoms with E-state index < -0.39 is 16.8 Å². The number of carbonyl (C=O) groups is 1. The molecule has 0 aliphatic heterocycles. The van der Waals surface area contributed by atoms with Gasteiger partial charge in [0.1, 0.15) is 0 Å². The van der Waals surface area contributed by atoms with Gasteiger partial charge in [0.15, 0.2) is 0 Å². The van der Waals surface area contributed by atoms with Crippen LogP contribution < -0.4 is 0 Å². The summed E-state index contributed by atoms with van der Waals surface area (Å²) in [6, 6.07) is 0. The van der Waals surface area contributed by atoms with E-state index in [1.54, 1.807) is 13.8 Å². The van der Waals surface area contributed by atoms with Crippen molar-refractivity contribution < 1.29 is 14.8 Å². The number of hydrogen-bond donors (Lipinski definition) is 1. The maximum Gasteiger partial charge on any atom is 0.306 e. The first kappa shape index (κ1) is 16.1. The molecule has 0 aliphatic rings. The number of aromatic nitrogens is 1. The van der Waals surface area contributed by atoms with E-state index in [-0.39, 0.29) is 18.0 Å². The number of aliphatic carboxylic acids is 1. The van der Waals surface area contributed by atoms with Crippen molar-refractivity contribution in [2.45, 2.75) is 40.5 Å². The van der Waals surface area contributed by atoms with Crippen molar-refractivity contribution in [3.8, 4) is 0 Å². The van der Waals surface area contributed by atoms with Gasteiger partial charge >= 0.3 is 5.97 Å². The molecule has 1 heterocycles. The van der Waals surface area contributed by atoms with Crippen LogP contribution in [0.2, 0.25) is 0 Å². The zero-order valence-corrected chi connectivity index (χ0v) is 12.2. The number of pyridine rings is 1. The minimum atomic E-state index is -0.886. The first-order chi connectivity index (χ1) is 9.23. The molecule has 0 bridgehead atoms. The van der Waals surface area contributed by atoms with Crippen LogP contribution in [-0.4, -0.2) is 21.0 Å². The highest BCUT2D eigenvalue weighted by Crippen LogP contribution is 2.27. The highest BCUT2D eigenvalue weighted by atomic mass is 16.6. The standard InChI is InChI=1S/C14H20N2O4/c1-8(2)5-11(14(17)18)6-12-10(4)13(16(19)20)9(3)7-15-12/h7-8,11H,5-6H2,1-4H3,(H,17,18). The van der Waals surface area contributed by atoms with Gasteiger partial charge in [-0.1, -0.05) is 13.8 Å². The van der Waals surface area contributed by atoms with Gasteiger partial charge in [0.05, 0.1) is 16.5 Å². The number of hydrogen-bond acceptors (Lipinski definition) is 4. The fourth-order valence-electron chi connectivity index (χ4n) is 2.33. The molecule has 0 aliphatic carbocycles. The molecule has 0 fully saturated rings. The predicted octanol–water partition coefficient (Wildman–Crippen LogP) is 2.90. The molecule has 1 aromatic rings. The normalized spacial score (nSPS) is 12.4. The van der Waals surface area contributed by atoms with Crippen LogP contribution in [0.15, 0.2) is 6.20 Å². The molecule has 0 aromatic carbocycles. The molecular weight excluding hydrogens is 260 g/mol. The molecule has 0 spiro atoms. The van der Waals surface area contributed by atoms with E-state index in [2.05, 4.69) is 4.98 Å². The van der Waals surface area contributed by atoms with Gasteiger partial charge in [0, 0.05) is 23.7 Å². The van der Waals surface area contributed by atoms with Crippen molar-refractivity contribution in [1.29, 1.82) is 0 Å². The molecule has 1 unspecified atom stereocenters. The van der Waals surface area contributed by atoms with Crippen LogP contribution in [0.3, 0.4) is 0 Å². The lowest BCUT2D eigenvalue weighted by Gasteiger charge is -2.15. The fraction of sp³-hybridized carbons (Fsp3) is 0.571. The molecule has 1 atom stereocenters. The van der Waals surface area contributed by atoms with Gasteiger partial charge < -0.3 is 5.11 Å². The summed E-state index contributed by atoms with van der Waals surface area (Å²) in [5.74, 6) is -1.21. The first-order valence-corrected chi connectivity index (χ1v) is 6.56. The van der Waals surface area contributed by atoms with Crippen molar-refractivity contribution in [1.82, 2.24) is 4.98 Å². The first-order valence-electron chi connectivity index (χ1n) is 6.56. The Labute approximate surface area is 118 Å². The highest BCUT2D eigenvalue weighted by Gasteiger charge is 2.24. The maximum absolute atomic E-state index is 11.3. The summed E-state index contributed by atoms with van der Waals surface area (Å²) in [6.07, 6.45) is 2.19. The van der Waals surface area contributed by atoms with E-state index in [0.717, 1.165) is 0 Å². The Morgan fingerprint density at radius 1 is 1.45 bits per heavy atom. The Bertz CT molecular complexity index is 526. The number of nitro groups is 1. The summed E-state index contributed by atoms with van der Waals surface area (Å²) in [5, 5.41) is 20.3. The zero-order valence-electron chi connectivity index (χ0n) is 12.2.